The van der Waals surface area contributed by atoms with Gasteiger partial charge in [0, 0.05) is 12.7 Å². The highest BCUT2D eigenvalue weighted by molar-refractivity contribution is 7.12. The molecule has 0 aromatic carbocycles. The summed E-state index contributed by atoms with van der Waals surface area (Å²) >= 11 is 2.51. The maximum atomic E-state index is 12.0. The standard InChI is InChI=1S/C13H14N2O3S2/c1-4-18-12(17)10-8(2)15(3)13(20-10)14-11(16)9-6-5-7-19-9/h5-7H,4H2,1-3H3. The lowest BCUT2D eigenvalue weighted by Gasteiger charge is -2.00. The Morgan fingerprint density at radius 3 is 2.80 bits per heavy atom. The van der Waals surface area contributed by atoms with E-state index < -0.39 is 0 Å². The monoisotopic (exact) mass is 310 g/mol. The number of amides is 1. The van der Waals surface area contributed by atoms with Crippen molar-refractivity contribution >= 4 is 34.6 Å². The van der Waals surface area contributed by atoms with E-state index in [1.165, 1.54) is 22.7 Å². The summed E-state index contributed by atoms with van der Waals surface area (Å²) in [5, 5.41) is 1.83. The van der Waals surface area contributed by atoms with E-state index in [-0.39, 0.29) is 11.9 Å². The molecule has 106 valence electrons. The van der Waals surface area contributed by atoms with Crippen LogP contribution in [0.1, 0.15) is 32.0 Å². The Hall–Kier alpha value is -1.73. The quantitative estimate of drug-likeness (QED) is 0.818. The third kappa shape index (κ3) is 2.88. The Balaban J connectivity index is 2.41. The molecule has 0 saturated carbocycles. The maximum Gasteiger partial charge on any atom is 0.350 e. The number of esters is 1. The number of hydrogen-bond acceptors (Lipinski definition) is 5. The van der Waals surface area contributed by atoms with Crippen LogP contribution in [0.2, 0.25) is 0 Å². The predicted molar refractivity (Wildman–Crippen MR) is 78.2 cm³/mol. The Labute approximate surface area is 124 Å². The summed E-state index contributed by atoms with van der Waals surface area (Å²) < 4.78 is 6.71. The number of hydrogen-bond donors (Lipinski definition) is 0. The van der Waals surface area contributed by atoms with Crippen molar-refractivity contribution in [1.82, 2.24) is 4.57 Å². The highest BCUT2D eigenvalue weighted by atomic mass is 32.1. The first-order valence-corrected chi connectivity index (χ1v) is 7.70. The first-order chi connectivity index (χ1) is 9.54. The van der Waals surface area contributed by atoms with Crippen LogP contribution in [0.15, 0.2) is 22.5 Å². The van der Waals surface area contributed by atoms with E-state index in [0.29, 0.717) is 21.2 Å². The lowest BCUT2D eigenvalue weighted by Crippen LogP contribution is -2.14. The van der Waals surface area contributed by atoms with Crippen LogP contribution in [0.5, 0.6) is 0 Å². The fraction of sp³-hybridized carbons (Fsp3) is 0.308. The van der Waals surface area contributed by atoms with Crippen molar-refractivity contribution in [1.29, 1.82) is 0 Å². The van der Waals surface area contributed by atoms with Crippen LogP contribution in [0.4, 0.5) is 0 Å². The summed E-state index contributed by atoms with van der Waals surface area (Å²) in [6, 6.07) is 3.53. The number of nitrogens with zero attached hydrogens (tertiary/aromatic N) is 2. The van der Waals surface area contributed by atoms with Crippen LogP contribution in [-0.2, 0) is 11.8 Å². The Bertz CT molecular complexity index is 696. The molecule has 7 heteroatoms. The number of carbonyl (C=O) groups is 2. The highest BCUT2D eigenvalue weighted by Gasteiger charge is 2.16. The van der Waals surface area contributed by atoms with E-state index in [1.54, 1.807) is 37.6 Å². The van der Waals surface area contributed by atoms with Gasteiger partial charge in [-0.1, -0.05) is 17.4 Å². The fourth-order valence-corrected chi connectivity index (χ4v) is 3.17. The average molecular weight is 310 g/mol. The molecule has 0 aliphatic carbocycles. The van der Waals surface area contributed by atoms with Crippen LogP contribution in [-0.4, -0.2) is 23.1 Å². The van der Waals surface area contributed by atoms with Crippen molar-refractivity contribution in [3.8, 4) is 0 Å². The van der Waals surface area contributed by atoms with Crippen LogP contribution in [0.3, 0.4) is 0 Å². The van der Waals surface area contributed by atoms with Gasteiger partial charge in [-0.05, 0) is 25.3 Å². The van der Waals surface area contributed by atoms with Crippen molar-refractivity contribution in [2.75, 3.05) is 6.61 Å². The highest BCUT2D eigenvalue weighted by Crippen LogP contribution is 2.13. The van der Waals surface area contributed by atoms with E-state index >= 15 is 0 Å². The molecule has 0 fully saturated rings. The summed E-state index contributed by atoms with van der Waals surface area (Å²) in [6.45, 7) is 3.88. The molecule has 0 aliphatic rings. The average Bonchev–Trinajstić information content (AvgIpc) is 3.03. The molecule has 20 heavy (non-hydrogen) atoms. The molecule has 2 rings (SSSR count). The summed E-state index contributed by atoms with van der Waals surface area (Å²) in [5.41, 5.74) is 0.742. The second-order valence-electron chi connectivity index (χ2n) is 3.97. The fourth-order valence-electron chi connectivity index (χ4n) is 1.56. The number of ether oxygens (including phenoxy) is 1. The van der Waals surface area contributed by atoms with Gasteiger partial charge in [0.2, 0.25) is 0 Å². The molecule has 1 amide bonds. The molecule has 5 nitrogen and oxygen atoms in total. The first kappa shape index (κ1) is 14.7. The van der Waals surface area contributed by atoms with Gasteiger partial charge in [0.1, 0.15) is 4.88 Å². The van der Waals surface area contributed by atoms with Gasteiger partial charge in [0.05, 0.1) is 11.5 Å². The van der Waals surface area contributed by atoms with E-state index in [1.807, 2.05) is 5.38 Å². The largest absolute Gasteiger partial charge is 0.462 e. The normalized spacial score (nSPS) is 11.7. The molecule has 2 heterocycles. The van der Waals surface area contributed by atoms with Gasteiger partial charge in [0.25, 0.3) is 5.91 Å². The third-order valence-corrected chi connectivity index (χ3v) is 4.77. The zero-order valence-electron chi connectivity index (χ0n) is 11.4. The van der Waals surface area contributed by atoms with Crippen molar-refractivity contribution in [3.63, 3.8) is 0 Å². The Morgan fingerprint density at radius 1 is 1.45 bits per heavy atom. The van der Waals surface area contributed by atoms with Crippen molar-refractivity contribution in [3.05, 3.63) is 37.8 Å². The number of rotatable bonds is 3. The molecule has 0 radical (unpaired) electrons. The van der Waals surface area contributed by atoms with Gasteiger partial charge in [0.15, 0.2) is 4.80 Å². The second-order valence-corrected chi connectivity index (χ2v) is 5.90. The molecule has 0 N–H and O–H groups in total. The zero-order chi connectivity index (χ0) is 14.7. The topological polar surface area (TPSA) is 60.7 Å². The maximum absolute atomic E-state index is 12.0. The van der Waals surface area contributed by atoms with Crippen LogP contribution < -0.4 is 4.80 Å². The second kappa shape index (κ2) is 6.15. The number of carbonyl (C=O) groups excluding carboxylic acids is 2. The number of thiazole rings is 1. The summed E-state index contributed by atoms with van der Waals surface area (Å²) in [7, 11) is 1.77. The Morgan fingerprint density at radius 2 is 2.20 bits per heavy atom. The van der Waals surface area contributed by atoms with Crippen LogP contribution in [0, 0.1) is 6.92 Å². The van der Waals surface area contributed by atoms with Gasteiger partial charge < -0.3 is 9.30 Å². The zero-order valence-corrected chi connectivity index (χ0v) is 13.0. The van der Waals surface area contributed by atoms with E-state index in [4.69, 9.17) is 4.74 Å². The molecular weight excluding hydrogens is 296 g/mol. The number of thiophene rings is 1. The smallest absolute Gasteiger partial charge is 0.350 e. The minimum absolute atomic E-state index is 0.299. The van der Waals surface area contributed by atoms with Gasteiger partial charge in [-0.15, -0.1) is 11.3 Å². The van der Waals surface area contributed by atoms with Crippen molar-refractivity contribution in [2.24, 2.45) is 12.0 Å². The predicted octanol–water partition coefficient (Wildman–Crippen LogP) is 2.37. The molecule has 0 spiro atoms. The molecule has 0 atom stereocenters. The lowest BCUT2D eigenvalue weighted by molar-refractivity contribution is 0.0530. The summed E-state index contributed by atoms with van der Waals surface area (Å²) in [6.07, 6.45) is 0. The molecule has 0 unspecified atom stereocenters. The van der Waals surface area contributed by atoms with E-state index in [9.17, 15) is 9.59 Å². The van der Waals surface area contributed by atoms with Gasteiger partial charge in [-0.2, -0.15) is 4.99 Å². The van der Waals surface area contributed by atoms with Crippen molar-refractivity contribution < 1.29 is 14.3 Å². The van der Waals surface area contributed by atoms with Gasteiger partial charge in [-0.3, -0.25) is 4.79 Å². The summed E-state index contributed by atoms with van der Waals surface area (Å²) in [4.78, 5) is 29.4. The lowest BCUT2D eigenvalue weighted by atomic mass is 10.4. The molecule has 0 saturated heterocycles. The first-order valence-electron chi connectivity index (χ1n) is 6.00. The van der Waals surface area contributed by atoms with Crippen molar-refractivity contribution in [2.45, 2.75) is 13.8 Å². The van der Waals surface area contributed by atoms with Gasteiger partial charge in [-0.25, -0.2) is 4.79 Å². The molecule has 0 bridgehead atoms. The van der Waals surface area contributed by atoms with Gasteiger partial charge >= 0.3 is 5.97 Å². The van der Waals surface area contributed by atoms with Crippen LogP contribution in [0.25, 0.3) is 0 Å². The van der Waals surface area contributed by atoms with Crippen LogP contribution >= 0.6 is 22.7 Å². The third-order valence-electron chi connectivity index (χ3n) is 2.70. The van der Waals surface area contributed by atoms with E-state index in [0.717, 1.165) is 5.69 Å². The van der Waals surface area contributed by atoms with E-state index in [2.05, 4.69) is 4.99 Å². The molecule has 2 aromatic rings. The summed E-state index contributed by atoms with van der Waals surface area (Å²) in [5.74, 6) is -0.678. The molecule has 0 aliphatic heterocycles. The minimum Gasteiger partial charge on any atom is -0.462 e. The number of aromatic nitrogens is 1. The molecule has 2 aromatic heterocycles. The molecular formula is C13H14N2O3S2. The Kier molecular flexibility index (Phi) is 4.51. The minimum atomic E-state index is -0.379. The SMILES string of the molecule is CCOC(=O)c1sc(=NC(=O)c2cccs2)n(C)c1C.